The lowest BCUT2D eigenvalue weighted by molar-refractivity contribution is -0.144. The van der Waals surface area contributed by atoms with Gasteiger partial charge >= 0.3 is 5.97 Å². The SMILES string of the molecule is CNC(CSc1ccoc1C)(C(=O)O)C1CC1. The molecule has 1 fully saturated rings. The van der Waals surface area contributed by atoms with E-state index >= 15 is 0 Å². The second-order valence-electron chi connectivity index (χ2n) is 4.43. The molecule has 5 heteroatoms. The van der Waals surface area contributed by atoms with Crippen molar-refractivity contribution in [2.75, 3.05) is 12.8 Å². The van der Waals surface area contributed by atoms with E-state index in [9.17, 15) is 9.90 Å². The average Bonchev–Trinajstić information content (AvgIpc) is 3.05. The van der Waals surface area contributed by atoms with Gasteiger partial charge in [-0.05, 0) is 38.8 Å². The van der Waals surface area contributed by atoms with E-state index in [4.69, 9.17) is 4.42 Å². The first-order valence-electron chi connectivity index (χ1n) is 5.69. The number of likely N-dealkylation sites (N-methyl/N-ethyl adjacent to an activating group) is 1. The monoisotopic (exact) mass is 255 g/mol. The summed E-state index contributed by atoms with van der Waals surface area (Å²) in [5, 5.41) is 12.4. The lowest BCUT2D eigenvalue weighted by Crippen LogP contribution is -2.54. The van der Waals surface area contributed by atoms with Crippen LogP contribution in [0.1, 0.15) is 18.6 Å². The molecule has 1 atom stereocenters. The van der Waals surface area contributed by atoms with Crippen molar-refractivity contribution in [3.63, 3.8) is 0 Å². The number of thioether (sulfide) groups is 1. The summed E-state index contributed by atoms with van der Waals surface area (Å²) in [6.07, 6.45) is 3.63. The van der Waals surface area contributed by atoms with Crippen molar-refractivity contribution in [3.05, 3.63) is 18.1 Å². The van der Waals surface area contributed by atoms with Gasteiger partial charge in [-0.2, -0.15) is 0 Å². The maximum Gasteiger partial charge on any atom is 0.325 e. The van der Waals surface area contributed by atoms with E-state index in [-0.39, 0.29) is 5.92 Å². The van der Waals surface area contributed by atoms with Crippen molar-refractivity contribution in [2.45, 2.75) is 30.2 Å². The van der Waals surface area contributed by atoms with Crippen molar-refractivity contribution in [1.82, 2.24) is 5.32 Å². The van der Waals surface area contributed by atoms with Gasteiger partial charge in [0.25, 0.3) is 0 Å². The number of aryl methyl sites for hydroxylation is 1. The van der Waals surface area contributed by atoms with Gasteiger partial charge < -0.3 is 14.8 Å². The Hall–Kier alpha value is -0.940. The molecular formula is C12H17NO3S. The number of hydrogen-bond acceptors (Lipinski definition) is 4. The fraction of sp³-hybridized carbons (Fsp3) is 0.583. The summed E-state index contributed by atoms with van der Waals surface area (Å²) in [5.74, 6) is 0.881. The zero-order chi connectivity index (χ0) is 12.5. The fourth-order valence-corrected chi connectivity index (χ4v) is 3.32. The summed E-state index contributed by atoms with van der Waals surface area (Å²) in [7, 11) is 1.73. The van der Waals surface area contributed by atoms with Gasteiger partial charge in [-0.15, -0.1) is 11.8 Å². The number of aliphatic carboxylic acids is 1. The molecule has 1 unspecified atom stereocenters. The van der Waals surface area contributed by atoms with Crippen LogP contribution >= 0.6 is 11.8 Å². The highest BCUT2D eigenvalue weighted by atomic mass is 32.2. The van der Waals surface area contributed by atoms with Crippen molar-refractivity contribution in [3.8, 4) is 0 Å². The van der Waals surface area contributed by atoms with Crippen LogP contribution in [-0.2, 0) is 4.79 Å². The van der Waals surface area contributed by atoms with E-state index < -0.39 is 11.5 Å². The minimum atomic E-state index is -0.797. The van der Waals surface area contributed by atoms with E-state index in [1.165, 1.54) is 0 Å². The van der Waals surface area contributed by atoms with Crippen LogP contribution in [0.3, 0.4) is 0 Å². The Balaban J connectivity index is 2.08. The highest BCUT2D eigenvalue weighted by Crippen LogP contribution is 2.42. The molecule has 2 N–H and O–H groups in total. The van der Waals surface area contributed by atoms with Crippen LogP contribution in [0.15, 0.2) is 21.6 Å². The molecule has 1 aromatic rings. The van der Waals surface area contributed by atoms with Gasteiger partial charge in [-0.25, -0.2) is 0 Å². The summed E-state index contributed by atoms with van der Waals surface area (Å²) in [6.45, 7) is 1.89. The summed E-state index contributed by atoms with van der Waals surface area (Å²) < 4.78 is 5.21. The van der Waals surface area contributed by atoms with Crippen LogP contribution in [0.25, 0.3) is 0 Å². The molecule has 0 radical (unpaired) electrons. The van der Waals surface area contributed by atoms with Crippen molar-refractivity contribution in [1.29, 1.82) is 0 Å². The van der Waals surface area contributed by atoms with Crippen LogP contribution in [0, 0.1) is 12.8 Å². The maximum absolute atomic E-state index is 11.5. The van der Waals surface area contributed by atoms with Crippen molar-refractivity contribution >= 4 is 17.7 Å². The predicted molar refractivity (Wildman–Crippen MR) is 66.3 cm³/mol. The number of carboxylic acid groups (broad SMARTS) is 1. The molecule has 0 amide bonds. The molecule has 0 aliphatic heterocycles. The molecule has 2 rings (SSSR count). The number of carbonyl (C=O) groups is 1. The predicted octanol–water partition coefficient (Wildman–Crippen LogP) is 2.13. The lowest BCUT2D eigenvalue weighted by atomic mass is 9.96. The lowest BCUT2D eigenvalue weighted by Gasteiger charge is -2.28. The average molecular weight is 255 g/mol. The second-order valence-corrected chi connectivity index (χ2v) is 5.45. The Bertz CT molecular complexity index is 414. The molecule has 0 bridgehead atoms. The van der Waals surface area contributed by atoms with Gasteiger partial charge in [0.05, 0.1) is 6.26 Å². The Morgan fingerprint density at radius 3 is 2.82 bits per heavy atom. The molecule has 4 nitrogen and oxygen atoms in total. The number of carboxylic acids is 1. The van der Waals surface area contributed by atoms with Gasteiger partial charge in [0, 0.05) is 10.6 Å². The van der Waals surface area contributed by atoms with Crippen LogP contribution in [0.2, 0.25) is 0 Å². The van der Waals surface area contributed by atoms with Crippen molar-refractivity contribution < 1.29 is 14.3 Å². The standard InChI is InChI=1S/C12H17NO3S/c1-8-10(5-6-16-8)17-7-12(13-2,11(14)15)9-3-4-9/h5-6,9,13H,3-4,7H2,1-2H3,(H,14,15). The first kappa shape index (κ1) is 12.5. The summed E-state index contributed by atoms with van der Waals surface area (Å²) in [6, 6.07) is 1.88. The molecule has 1 aromatic heterocycles. The highest BCUT2D eigenvalue weighted by molar-refractivity contribution is 7.99. The third-order valence-corrected chi connectivity index (χ3v) is 4.70. The second kappa shape index (κ2) is 4.74. The summed E-state index contributed by atoms with van der Waals surface area (Å²) in [4.78, 5) is 12.5. The summed E-state index contributed by atoms with van der Waals surface area (Å²) >= 11 is 1.54. The largest absolute Gasteiger partial charge is 0.480 e. The van der Waals surface area contributed by atoms with Gasteiger partial charge in [0.15, 0.2) is 0 Å². The molecule has 0 saturated heterocycles. The molecule has 1 aliphatic carbocycles. The molecular weight excluding hydrogens is 238 g/mol. The number of nitrogens with one attached hydrogen (secondary N) is 1. The van der Waals surface area contributed by atoms with Crippen LogP contribution in [-0.4, -0.2) is 29.4 Å². The Morgan fingerprint density at radius 1 is 1.71 bits per heavy atom. The third-order valence-electron chi connectivity index (χ3n) is 3.37. The van der Waals surface area contributed by atoms with E-state index in [1.807, 2.05) is 13.0 Å². The molecule has 1 heterocycles. The molecule has 1 aliphatic rings. The molecule has 94 valence electrons. The van der Waals surface area contributed by atoms with Gasteiger partial charge in [-0.1, -0.05) is 0 Å². The first-order valence-corrected chi connectivity index (χ1v) is 6.68. The summed E-state index contributed by atoms with van der Waals surface area (Å²) in [5.41, 5.74) is -0.797. The number of hydrogen-bond donors (Lipinski definition) is 2. The Kier molecular flexibility index (Phi) is 3.49. The molecule has 1 saturated carbocycles. The minimum Gasteiger partial charge on any atom is -0.480 e. The zero-order valence-electron chi connectivity index (χ0n) is 10.0. The number of furan rings is 1. The quantitative estimate of drug-likeness (QED) is 0.762. The fourth-order valence-electron chi connectivity index (χ4n) is 2.03. The first-order chi connectivity index (χ1) is 8.10. The van der Waals surface area contributed by atoms with Gasteiger partial charge in [-0.3, -0.25) is 4.79 Å². The number of rotatable bonds is 6. The normalized spacial score (nSPS) is 18.9. The molecule has 0 aromatic carbocycles. The maximum atomic E-state index is 11.5. The zero-order valence-corrected chi connectivity index (χ0v) is 10.8. The Labute approximate surface area is 105 Å². The third kappa shape index (κ3) is 2.35. The van der Waals surface area contributed by atoms with E-state index in [0.29, 0.717) is 5.75 Å². The van der Waals surface area contributed by atoms with Crippen LogP contribution < -0.4 is 5.32 Å². The molecule has 0 spiro atoms. The van der Waals surface area contributed by atoms with Crippen molar-refractivity contribution in [2.24, 2.45) is 5.92 Å². The topological polar surface area (TPSA) is 62.5 Å². The van der Waals surface area contributed by atoms with E-state index in [2.05, 4.69) is 5.32 Å². The van der Waals surface area contributed by atoms with Gasteiger partial charge in [0.2, 0.25) is 0 Å². The van der Waals surface area contributed by atoms with E-state index in [0.717, 1.165) is 23.5 Å². The Morgan fingerprint density at radius 2 is 2.41 bits per heavy atom. The van der Waals surface area contributed by atoms with Crippen LogP contribution in [0.4, 0.5) is 0 Å². The van der Waals surface area contributed by atoms with Gasteiger partial charge in [0.1, 0.15) is 11.3 Å². The molecule has 17 heavy (non-hydrogen) atoms. The highest BCUT2D eigenvalue weighted by Gasteiger charge is 2.50. The van der Waals surface area contributed by atoms with Crippen LogP contribution in [0.5, 0.6) is 0 Å². The van der Waals surface area contributed by atoms with E-state index in [1.54, 1.807) is 25.1 Å². The smallest absolute Gasteiger partial charge is 0.325 e. The minimum absolute atomic E-state index is 0.254.